The van der Waals surface area contributed by atoms with E-state index in [0.717, 1.165) is 5.56 Å². The normalized spacial score (nSPS) is 18.1. The Balaban J connectivity index is 0.00000200. The first-order valence-electron chi connectivity index (χ1n) is 6.56. The highest BCUT2D eigenvalue weighted by molar-refractivity contribution is 5.89. The first kappa shape index (κ1) is 16.5. The fourth-order valence-electron chi connectivity index (χ4n) is 2.30. The van der Waals surface area contributed by atoms with Crippen molar-refractivity contribution < 1.29 is 9.59 Å². The Bertz CT molecular complexity index is 453. The van der Waals surface area contributed by atoms with Gasteiger partial charge in [-0.1, -0.05) is 30.3 Å². The molecule has 0 aromatic heterocycles. The van der Waals surface area contributed by atoms with Crippen LogP contribution in [0.2, 0.25) is 0 Å². The van der Waals surface area contributed by atoms with Gasteiger partial charge in [-0.3, -0.25) is 9.59 Å². The molecule has 6 heteroatoms. The third-order valence-electron chi connectivity index (χ3n) is 3.24. The summed E-state index contributed by atoms with van der Waals surface area (Å²) in [5.74, 6) is -0.118. The van der Waals surface area contributed by atoms with Crippen molar-refractivity contribution >= 4 is 24.2 Å². The number of amides is 2. The maximum atomic E-state index is 12.2. The second kappa shape index (κ2) is 7.87. The van der Waals surface area contributed by atoms with Crippen LogP contribution in [0.4, 0.5) is 0 Å². The Morgan fingerprint density at radius 2 is 2.05 bits per heavy atom. The summed E-state index contributed by atoms with van der Waals surface area (Å²) in [4.78, 5) is 25.9. The van der Waals surface area contributed by atoms with Crippen LogP contribution in [0.25, 0.3) is 0 Å². The summed E-state index contributed by atoms with van der Waals surface area (Å²) in [5, 5.41) is 2.81. The monoisotopic (exact) mass is 297 g/mol. The van der Waals surface area contributed by atoms with Crippen LogP contribution >= 0.6 is 12.4 Å². The van der Waals surface area contributed by atoms with E-state index >= 15 is 0 Å². The number of hydrogen-bond acceptors (Lipinski definition) is 3. The van der Waals surface area contributed by atoms with E-state index in [1.165, 1.54) is 0 Å². The second-order valence-corrected chi connectivity index (χ2v) is 4.58. The van der Waals surface area contributed by atoms with Gasteiger partial charge in [0.15, 0.2) is 0 Å². The van der Waals surface area contributed by atoms with Gasteiger partial charge in [-0.2, -0.15) is 0 Å². The third-order valence-corrected chi connectivity index (χ3v) is 3.24. The van der Waals surface area contributed by atoms with Gasteiger partial charge in [0.2, 0.25) is 11.8 Å². The van der Waals surface area contributed by atoms with Crippen LogP contribution < -0.4 is 11.1 Å². The van der Waals surface area contributed by atoms with E-state index in [9.17, 15) is 9.59 Å². The van der Waals surface area contributed by atoms with Crippen molar-refractivity contribution in [1.82, 2.24) is 10.2 Å². The fraction of sp³-hybridized carbons (Fsp3) is 0.429. The first-order valence-corrected chi connectivity index (χ1v) is 6.56. The minimum atomic E-state index is -0.514. The average molecular weight is 298 g/mol. The molecule has 110 valence electrons. The van der Waals surface area contributed by atoms with Crippen LogP contribution in [0.5, 0.6) is 0 Å². The molecule has 1 heterocycles. The maximum Gasteiger partial charge on any atom is 0.247 e. The van der Waals surface area contributed by atoms with Crippen LogP contribution in [0.1, 0.15) is 24.4 Å². The lowest BCUT2D eigenvalue weighted by molar-refractivity contribution is -0.143. The fourth-order valence-corrected chi connectivity index (χ4v) is 2.30. The van der Waals surface area contributed by atoms with Crippen molar-refractivity contribution in [3.63, 3.8) is 0 Å². The molecule has 1 aliphatic rings. The van der Waals surface area contributed by atoms with Crippen LogP contribution in [0.15, 0.2) is 30.3 Å². The molecule has 0 spiro atoms. The van der Waals surface area contributed by atoms with Gasteiger partial charge in [-0.15, -0.1) is 12.4 Å². The predicted octanol–water partition coefficient (Wildman–Crippen LogP) is 0.847. The first-order chi connectivity index (χ1) is 9.24. The average Bonchev–Trinajstić information content (AvgIpc) is 2.45. The molecule has 1 aromatic carbocycles. The molecular formula is C14H20ClN3O2. The highest BCUT2D eigenvalue weighted by Crippen LogP contribution is 2.23. The number of rotatable bonds is 4. The molecule has 2 rings (SSSR count). The zero-order chi connectivity index (χ0) is 13.7. The zero-order valence-corrected chi connectivity index (χ0v) is 12.1. The second-order valence-electron chi connectivity index (χ2n) is 4.58. The summed E-state index contributed by atoms with van der Waals surface area (Å²) in [5.41, 5.74) is 6.28. The van der Waals surface area contributed by atoms with Crippen molar-refractivity contribution in [3.05, 3.63) is 35.9 Å². The van der Waals surface area contributed by atoms with Crippen LogP contribution in [0.3, 0.4) is 0 Å². The number of nitrogens with zero attached hydrogens (tertiary/aromatic N) is 1. The molecule has 1 unspecified atom stereocenters. The van der Waals surface area contributed by atoms with Gasteiger partial charge in [-0.25, -0.2) is 0 Å². The van der Waals surface area contributed by atoms with Crippen LogP contribution in [0, 0.1) is 0 Å². The third kappa shape index (κ3) is 3.71. The van der Waals surface area contributed by atoms with Crippen molar-refractivity contribution in [2.75, 3.05) is 19.6 Å². The van der Waals surface area contributed by atoms with E-state index < -0.39 is 6.04 Å². The highest BCUT2D eigenvalue weighted by Gasteiger charge is 2.33. The lowest BCUT2D eigenvalue weighted by atomic mass is 10.0. The van der Waals surface area contributed by atoms with Gasteiger partial charge in [0, 0.05) is 19.5 Å². The molecule has 3 N–H and O–H groups in total. The minimum Gasteiger partial charge on any atom is -0.352 e. The van der Waals surface area contributed by atoms with Gasteiger partial charge in [0.25, 0.3) is 0 Å². The van der Waals surface area contributed by atoms with E-state index in [2.05, 4.69) is 5.32 Å². The summed E-state index contributed by atoms with van der Waals surface area (Å²) in [6, 6.07) is 8.88. The van der Waals surface area contributed by atoms with Crippen LogP contribution in [-0.4, -0.2) is 36.3 Å². The molecule has 0 aliphatic carbocycles. The Morgan fingerprint density at radius 3 is 2.70 bits per heavy atom. The van der Waals surface area contributed by atoms with Gasteiger partial charge in [0.05, 0.1) is 0 Å². The lowest BCUT2D eigenvalue weighted by Crippen LogP contribution is -2.52. The molecule has 2 amide bonds. The quantitative estimate of drug-likeness (QED) is 0.865. The van der Waals surface area contributed by atoms with Gasteiger partial charge < -0.3 is 16.0 Å². The van der Waals surface area contributed by atoms with E-state index in [4.69, 9.17) is 5.73 Å². The number of halogens is 1. The lowest BCUT2D eigenvalue weighted by Gasteiger charge is -2.35. The molecule has 0 bridgehead atoms. The number of hydrogen-bond donors (Lipinski definition) is 2. The topological polar surface area (TPSA) is 75.4 Å². The van der Waals surface area contributed by atoms with Crippen molar-refractivity contribution in [3.8, 4) is 0 Å². The molecule has 0 saturated carbocycles. The summed E-state index contributed by atoms with van der Waals surface area (Å²) in [7, 11) is 0. The van der Waals surface area contributed by atoms with Crippen molar-refractivity contribution in [1.29, 1.82) is 0 Å². The zero-order valence-electron chi connectivity index (χ0n) is 11.2. The molecule has 1 aromatic rings. The number of piperazine rings is 1. The summed E-state index contributed by atoms with van der Waals surface area (Å²) >= 11 is 0. The van der Waals surface area contributed by atoms with E-state index in [1.807, 2.05) is 30.3 Å². The molecule has 1 saturated heterocycles. The molecule has 0 radical (unpaired) electrons. The van der Waals surface area contributed by atoms with E-state index in [-0.39, 0.29) is 24.2 Å². The Hall–Kier alpha value is -1.59. The molecule has 1 fully saturated rings. The Labute approximate surface area is 124 Å². The Kier molecular flexibility index (Phi) is 6.48. The van der Waals surface area contributed by atoms with Crippen molar-refractivity contribution in [2.45, 2.75) is 18.9 Å². The smallest absolute Gasteiger partial charge is 0.247 e. The summed E-state index contributed by atoms with van der Waals surface area (Å²) in [6.45, 7) is 1.55. The maximum absolute atomic E-state index is 12.2. The molecular weight excluding hydrogens is 278 g/mol. The van der Waals surface area contributed by atoms with E-state index in [0.29, 0.717) is 32.5 Å². The highest BCUT2D eigenvalue weighted by atomic mass is 35.5. The Morgan fingerprint density at radius 1 is 1.35 bits per heavy atom. The number of nitrogens with one attached hydrogen (secondary N) is 1. The SMILES string of the molecule is Cl.NCCCC(=O)N1CCNC(=O)C1c1ccccc1. The largest absolute Gasteiger partial charge is 0.352 e. The predicted molar refractivity (Wildman–Crippen MR) is 79.4 cm³/mol. The van der Waals surface area contributed by atoms with E-state index in [1.54, 1.807) is 4.90 Å². The number of nitrogens with two attached hydrogens (primary N) is 1. The van der Waals surface area contributed by atoms with Gasteiger partial charge in [0.1, 0.15) is 6.04 Å². The number of carbonyl (C=O) groups excluding carboxylic acids is 2. The summed E-state index contributed by atoms with van der Waals surface area (Å²) < 4.78 is 0. The number of carbonyl (C=O) groups is 2. The molecule has 1 aliphatic heterocycles. The van der Waals surface area contributed by atoms with Crippen LogP contribution in [-0.2, 0) is 9.59 Å². The molecule has 20 heavy (non-hydrogen) atoms. The minimum absolute atomic E-state index is 0. The van der Waals surface area contributed by atoms with Crippen molar-refractivity contribution in [2.24, 2.45) is 5.73 Å². The van der Waals surface area contributed by atoms with Gasteiger partial charge >= 0.3 is 0 Å². The standard InChI is InChI=1S/C14H19N3O2.ClH/c15-8-4-7-12(18)17-10-9-16-14(19)13(17)11-5-2-1-3-6-11;/h1-3,5-6,13H,4,7-10,15H2,(H,16,19);1H. The summed E-state index contributed by atoms with van der Waals surface area (Å²) in [6.07, 6.45) is 1.05. The molecule has 1 atom stereocenters. The molecule has 5 nitrogen and oxygen atoms in total. The number of benzene rings is 1. The van der Waals surface area contributed by atoms with Gasteiger partial charge in [-0.05, 0) is 18.5 Å².